The largest absolute Gasteiger partial charge is 0.491 e. The maximum absolute atomic E-state index is 13.2. The number of benzene rings is 2. The molecule has 6 nitrogen and oxygen atoms in total. The van der Waals surface area contributed by atoms with Crippen LogP contribution in [-0.4, -0.2) is 54.8 Å². The van der Waals surface area contributed by atoms with Crippen LogP contribution in [0.4, 0.5) is 0 Å². The van der Waals surface area contributed by atoms with Gasteiger partial charge in [0.1, 0.15) is 18.5 Å². The molecular formula is C24H35NO5S. The highest BCUT2D eigenvalue weighted by Crippen LogP contribution is 2.19. The van der Waals surface area contributed by atoms with Crippen molar-refractivity contribution in [2.24, 2.45) is 0 Å². The van der Waals surface area contributed by atoms with E-state index in [4.69, 9.17) is 4.74 Å². The number of hydrogen-bond acceptors (Lipinski definition) is 5. The zero-order chi connectivity index (χ0) is 22.7. The maximum Gasteiger partial charge on any atom is 0.243 e. The summed E-state index contributed by atoms with van der Waals surface area (Å²) in [6.07, 6.45) is 2.73. The fourth-order valence-corrected chi connectivity index (χ4v) is 4.77. The molecule has 172 valence electrons. The lowest BCUT2D eigenvalue weighted by atomic mass is 10.1. The SMILES string of the molecule is CCCCCC[C@@H](O)CN(C[C@H](O)COc1ccccc1)S(=O)(=O)c1ccc(C)cc1. The van der Waals surface area contributed by atoms with E-state index in [0.29, 0.717) is 12.2 Å². The van der Waals surface area contributed by atoms with E-state index in [2.05, 4.69) is 6.92 Å². The molecule has 0 saturated carbocycles. The second kappa shape index (κ2) is 12.8. The van der Waals surface area contributed by atoms with E-state index < -0.39 is 22.2 Å². The molecule has 0 spiro atoms. The third kappa shape index (κ3) is 8.61. The highest BCUT2D eigenvalue weighted by molar-refractivity contribution is 7.89. The van der Waals surface area contributed by atoms with Gasteiger partial charge >= 0.3 is 0 Å². The predicted molar refractivity (Wildman–Crippen MR) is 123 cm³/mol. The minimum absolute atomic E-state index is 0.0451. The molecule has 0 bridgehead atoms. The lowest BCUT2D eigenvalue weighted by Crippen LogP contribution is -2.43. The molecule has 0 saturated heterocycles. The van der Waals surface area contributed by atoms with Crippen molar-refractivity contribution in [3.05, 3.63) is 60.2 Å². The summed E-state index contributed by atoms with van der Waals surface area (Å²) in [5, 5.41) is 21.0. The van der Waals surface area contributed by atoms with Gasteiger partial charge in [-0.15, -0.1) is 0 Å². The van der Waals surface area contributed by atoms with Gasteiger partial charge in [-0.05, 0) is 37.6 Å². The van der Waals surface area contributed by atoms with Crippen molar-refractivity contribution in [1.29, 1.82) is 0 Å². The molecule has 0 aliphatic heterocycles. The van der Waals surface area contributed by atoms with Crippen LogP contribution < -0.4 is 4.74 Å². The molecule has 0 radical (unpaired) electrons. The van der Waals surface area contributed by atoms with Crippen LogP contribution in [0, 0.1) is 6.92 Å². The van der Waals surface area contributed by atoms with Gasteiger partial charge in [-0.2, -0.15) is 4.31 Å². The first-order chi connectivity index (χ1) is 14.8. The molecule has 0 fully saturated rings. The molecule has 0 aliphatic carbocycles. The van der Waals surface area contributed by atoms with Gasteiger partial charge in [0.05, 0.1) is 11.0 Å². The first-order valence-electron chi connectivity index (χ1n) is 10.9. The summed E-state index contributed by atoms with van der Waals surface area (Å²) in [7, 11) is -3.87. The van der Waals surface area contributed by atoms with Gasteiger partial charge in [0.25, 0.3) is 0 Å². The Morgan fingerprint density at radius 1 is 0.903 bits per heavy atom. The normalized spacial score (nSPS) is 13.8. The number of ether oxygens (including phenoxy) is 1. The zero-order valence-electron chi connectivity index (χ0n) is 18.5. The summed E-state index contributed by atoms with van der Waals surface area (Å²) in [4.78, 5) is 0.146. The number of nitrogens with zero attached hydrogens (tertiary/aromatic N) is 1. The lowest BCUT2D eigenvalue weighted by Gasteiger charge is -2.27. The molecule has 0 aliphatic rings. The monoisotopic (exact) mass is 449 g/mol. The highest BCUT2D eigenvalue weighted by Gasteiger charge is 2.28. The number of para-hydroxylation sites is 1. The van der Waals surface area contributed by atoms with Crippen molar-refractivity contribution in [2.45, 2.75) is 63.1 Å². The molecule has 31 heavy (non-hydrogen) atoms. The minimum Gasteiger partial charge on any atom is -0.491 e. The molecule has 0 unspecified atom stereocenters. The summed E-state index contributed by atoms with van der Waals surface area (Å²) < 4.78 is 33.2. The molecule has 0 amide bonds. The number of unbranched alkanes of at least 4 members (excludes halogenated alkanes) is 3. The van der Waals surface area contributed by atoms with Gasteiger partial charge in [-0.25, -0.2) is 8.42 Å². The van der Waals surface area contributed by atoms with Crippen LogP contribution in [0.2, 0.25) is 0 Å². The number of rotatable bonds is 14. The van der Waals surface area contributed by atoms with E-state index in [1.54, 1.807) is 36.4 Å². The first-order valence-corrected chi connectivity index (χ1v) is 12.4. The topological polar surface area (TPSA) is 87.1 Å². The molecule has 2 atom stereocenters. The summed E-state index contributed by atoms with van der Waals surface area (Å²) in [6, 6.07) is 15.6. The number of aliphatic hydroxyl groups is 2. The standard InChI is InChI=1S/C24H35NO5S/c1-3-4-5-7-10-21(26)17-25(31(28,29)24-15-13-20(2)14-16-24)18-22(27)19-30-23-11-8-6-9-12-23/h6,8-9,11-16,21-22,26-27H,3-5,7,10,17-19H2,1-2H3/t21-,22+/m1/s1. The van der Waals surface area contributed by atoms with E-state index in [0.717, 1.165) is 31.2 Å². The summed E-state index contributed by atoms with van der Waals surface area (Å²) in [5.41, 5.74) is 0.956. The van der Waals surface area contributed by atoms with Gasteiger partial charge in [0.2, 0.25) is 10.0 Å². The van der Waals surface area contributed by atoms with Crippen molar-refractivity contribution in [1.82, 2.24) is 4.31 Å². The summed E-state index contributed by atoms with van der Waals surface area (Å²) >= 11 is 0. The van der Waals surface area contributed by atoms with Crippen LogP contribution in [0.5, 0.6) is 5.75 Å². The number of aryl methyl sites for hydroxylation is 1. The van der Waals surface area contributed by atoms with Gasteiger partial charge in [0.15, 0.2) is 0 Å². The van der Waals surface area contributed by atoms with Crippen molar-refractivity contribution in [3.63, 3.8) is 0 Å². The van der Waals surface area contributed by atoms with Gasteiger partial charge in [-0.1, -0.05) is 68.5 Å². The Morgan fingerprint density at radius 3 is 2.19 bits per heavy atom. The van der Waals surface area contributed by atoms with Crippen molar-refractivity contribution in [3.8, 4) is 5.75 Å². The van der Waals surface area contributed by atoms with Gasteiger partial charge in [-0.3, -0.25) is 0 Å². The minimum atomic E-state index is -3.87. The third-order valence-electron chi connectivity index (χ3n) is 5.06. The van der Waals surface area contributed by atoms with Crippen LogP contribution in [0.3, 0.4) is 0 Å². The number of aliphatic hydroxyl groups excluding tert-OH is 2. The van der Waals surface area contributed by atoms with Crippen LogP contribution >= 0.6 is 0 Å². The zero-order valence-corrected chi connectivity index (χ0v) is 19.3. The van der Waals surface area contributed by atoms with E-state index in [9.17, 15) is 18.6 Å². The Morgan fingerprint density at radius 2 is 1.55 bits per heavy atom. The lowest BCUT2D eigenvalue weighted by molar-refractivity contribution is 0.0720. The highest BCUT2D eigenvalue weighted by atomic mass is 32.2. The molecule has 7 heteroatoms. The molecular weight excluding hydrogens is 414 g/mol. The van der Waals surface area contributed by atoms with Crippen molar-refractivity contribution in [2.75, 3.05) is 19.7 Å². The molecule has 2 rings (SSSR count). The van der Waals surface area contributed by atoms with E-state index in [1.165, 1.54) is 4.31 Å². The molecule has 0 aromatic heterocycles. The molecule has 2 aromatic rings. The first kappa shape index (κ1) is 25.3. The number of sulfonamides is 1. The van der Waals surface area contributed by atoms with Gasteiger partial charge in [0, 0.05) is 13.1 Å². The van der Waals surface area contributed by atoms with Crippen LogP contribution in [0.15, 0.2) is 59.5 Å². The van der Waals surface area contributed by atoms with Crippen LogP contribution in [-0.2, 0) is 10.0 Å². The molecule has 2 N–H and O–H groups in total. The second-order valence-corrected chi connectivity index (χ2v) is 9.85. The Hall–Kier alpha value is -1.93. The maximum atomic E-state index is 13.2. The quantitative estimate of drug-likeness (QED) is 0.429. The van der Waals surface area contributed by atoms with E-state index in [-0.39, 0.29) is 24.6 Å². The molecule has 2 aromatic carbocycles. The van der Waals surface area contributed by atoms with E-state index >= 15 is 0 Å². The molecule has 0 heterocycles. The Balaban J connectivity index is 2.07. The average Bonchev–Trinajstić information content (AvgIpc) is 2.76. The van der Waals surface area contributed by atoms with Crippen molar-refractivity contribution < 1.29 is 23.4 Å². The number of hydrogen-bond donors (Lipinski definition) is 2. The average molecular weight is 450 g/mol. The van der Waals surface area contributed by atoms with Gasteiger partial charge < -0.3 is 14.9 Å². The Labute approximate surface area is 186 Å². The fraction of sp³-hybridized carbons (Fsp3) is 0.500. The Kier molecular flexibility index (Phi) is 10.5. The summed E-state index contributed by atoms with van der Waals surface area (Å²) in [6.45, 7) is 3.74. The fourth-order valence-electron chi connectivity index (χ4n) is 3.26. The van der Waals surface area contributed by atoms with E-state index in [1.807, 2.05) is 25.1 Å². The Bertz CT molecular complexity index is 855. The van der Waals surface area contributed by atoms with Crippen LogP contribution in [0.25, 0.3) is 0 Å². The predicted octanol–water partition coefficient (Wildman–Crippen LogP) is 3.76. The smallest absolute Gasteiger partial charge is 0.243 e. The van der Waals surface area contributed by atoms with Crippen molar-refractivity contribution >= 4 is 10.0 Å². The summed E-state index contributed by atoms with van der Waals surface area (Å²) in [5.74, 6) is 0.602. The van der Waals surface area contributed by atoms with Crippen LogP contribution in [0.1, 0.15) is 44.6 Å². The third-order valence-corrected chi connectivity index (χ3v) is 6.91. The second-order valence-electron chi connectivity index (χ2n) is 7.92.